The molecule has 0 aromatic rings. The number of hydrogen-bond donors (Lipinski definition) is 0. The summed E-state index contributed by atoms with van der Waals surface area (Å²) in [5.74, 6) is 0. The number of alkyl halides is 6. The first kappa shape index (κ1) is 13.9. The lowest BCUT2D eigenvalue weighted by molar-refractivity contribution is -0.0975. The van der Waals surface area contributed by atoms with Gasteiger partial charge in [-0.2, -0.15) is 26.3 Å². The van der Waals surface area contributed by atoms with E-state index in [-0.39, 0.29) is 18.1 Å². The summed E-state index contributed by atoms with van der Waals surface area (Å²) in [6.07, 6.45) is -7.13. The van der Waals surface area contributed by atoms with Crippen molar-refractivity contribution >= 4 is 0 Å². The lowest BCUT2D eigenvalue weighted by atomic mass is 9.98. The Balaban J connectivity index is 3.30. The summed E-state index contributed by atoms with van der Waals surface area (Å²) in [4.78, 5) is 0. The molecule has 0 unspecified atom stereocenters. The van der Waals surface area contributed by atoms with Crippen LogP contribution in [-0.4, -0.2) is 12.4 Å². The number of hydrogen-bond acceptors (Lipinski definition) is 0. The van der Waals surface area contributed by atoms with Crippen LogP contribution in [-0.2, 0) is 0 Å². The van der Waals surface area contributed by atoms with Crippen LogP contribution in [0, 0.1) is 0 Å². The van der Waals surface area contributed by atoms with Gasteiger partial charge >= 0.3 is 12.4 Å². The molecule has 0 radical (unpaired) electrons. The van der Waals surface area contributed by atoms with Gasteiger partial charge in [-0.3, -0.25) is 0 Å². The molecule has 96 valence electrons. The second-order valence-electron chi connectivity index (χ2n) is 3.70. The Hall–Kier alpha value is -1.20. The Kier molecular flexibility index (Phi) is 3.74. The molecule has 6 heteroatoms. The molecular formula is C11H10F6. The van der Waals surface area contributed by atoms with Crippen molar-refractivity contribution in [1.82, 2.24) is 0 Å². The maximum atomic E-state index is 12.6. The Morgan fingerprint density at radius 3 is 2.06 bits per heavy atom. The van der Waals surface area contributed by atoms with Gasteiger partial charge in [0.2, 0.25) is 0 Å². The number of rotatable bonds is 0. The minimum absolute atomic E-state index is 0.0772. The summed E-state index contributed by atoms with van der Waals surface area (Å²) in [5.41, 5.74) is -2.59. The van der Waals surface area contributed by atoms with Crippen molar-refractivity contribution in [2.24, 2.45) is 0 Å². The monoisotopic (exact) mass is 256 g/mol. The Labute approximate surface area is 94.3 Å². The summed E-state index contributed by atoms with van der Waals surface area (Å²) >= 11 is 0. The van der Waals surface area contributed by atoms with Gasteiger partial charge in [0.15, 0.2) is 0 Å². The summed E-state index contributed by atoms with van der Waals surface area (Å²) in [6.45, 7) is 1.15. The third-order valence-corrected chi connectivity index (χ3v) is 2.36. The van der Waals surface area contributed by atoms with Crippen LogP contribution in [0.1, 0.15) is 19.8 Å². The highest BCUT2D eigenvalue weighted by molar-refractivity contribution is 5.39. The smallest absolute Gasteiger partial charge is 0.166 e. The largest absolute Gasteiger partial charge is 0.416 e. The van der Waals surface area contributed by atoms with E-state index in [1.165, 1.54) is 12.2 Å². The van der Waals surface area contributed by atoms with Crippen LogP contribution in [0.25, 0.3) is 0 Å². The maximum absolute atomic E-state index is 12.6. The summed E-state index contributed by atoms with van der Waals surface area (Å²) < 4.78 is 75.1. The van der Waals surface area contributed by atoms with Crippen molar-refractivity contribution in [2.45, 2.75) is 32.1 Å². The molecule has 0 heterocycles. The van der Waals surface area contributed by atoms with Crippen molar-refractivity contribution < 1.29 is 26.3 Å². The van der Waals surface area contributed by atoms with Crippen molar-refractivity contribution in [3.05, 3.63) is 34.9 Å². The van der Waals surface area contributed by atoms with Crippen LogP contribution >= 0.6 is 0 Å². The van der Waals surface area contributed by atoms with Gasteiger partial charge in [0.1, 0.15) is 0 Å². The van der Waals surface area contributed by atoms with Gasteiger partial charge < -0.3 is 0 Å². The fourth-order valence-corrected chi connectivity index (χ4v) is 1.48. The van der Waals surface area contributed by atoms with Crippen molar-refractivity contribution in [3.8, 4) is 0 Å². The quantitative estimate of drug-likeness (QED) is 0.551. The molecule has 0 fully saturated rings. The standard InChI is InChI=1S/C11H10F6/c1-7-4-2-3-5-8(10(12,13)14)6-9(7)11(15,16)17/h2,4,6H,3,5H2,1H3/b4-2-,8-6+,9-7+. The van der Waals surface area contributed by atoms with Crippen LogP contribution in [0.3, 0.4) is 0 Å². The highest BCUT2D eigenvalue weighted by atomic mass is 19.4. The van der Waals surface area contributed by atoms with Gasteiger partial charge in [-0.15, -0.1) is 0 Å². The van der Waals surface area contributed by atoms with E-state index in [1.807, 2.05) is 0 Å². The maximum Gasteiger partial charge on any atom is 0.416 e. The summed E-state index contributed by atoms with van der Waals surface area (Å²) in [6, 6.07) is 0. The molecule has 0 nitrogen and oxygen atoms in total. The zero-order valence-electron chi connectivity index (χ0n) is 8.91. The SMILES string of the molecule is CC1=C(C(F)(F)F)/C=C(/C(F)(F)F)CC/C=C\1. The molecule has 0 aromatic carbocycles. The molecule has 1 rings (SSSR count). The zero-order chi connectivity index (χ0) is 13.3. The topological polar surface area (TPSA) is 0 Å². The molecule has 0 amide bonds. The van der Waals surface area contributed by atoms with Gasteiger partial charge in [0.05, 0.1) is 5.57 Å². The van der Waals surface area contributed by atoms with Crippen molar-refractivity contribution in [2.75, 3.05) is 0 Å². The fourth-order valence-electron chi connectivity index (χ4n) is 1.48. The van der Waals surface area contributed by atoms with Crippen molar-refractivity contribution in [3.63, 3.8) is 0 Å². The second kappa shape index (κ2) is 4.58. The van der Waals surface area contributed by atoms with E-state index in [9.17, 15) is 26.3 Å². The zero-order valence-corrected chi connectivity index (χ0v) is 8.91. The minimum atomic E-state index is -4.78. The van der Waals surface area contributed by atoms with E-state index < -0.39 is 29.9 Å². The van der Waals surface area contributed by atoms with E-state index in [4.69, 9.17) is 0 Å². The Bertz CT molecular complexity index is 378. The van der Waals surface area contributed by atoms with Gasteiger partial charge in [-0.1, -0.05) is 12.2 Å². The van der Waals surface area contributed by atoms with E-state index in [2.05, 4.69) is 0 Å². The van der Waals surface area contributed by atoms with Crippen molar-refractivity contribution in [1.29, 1.82) is 0 Å². The molecule has 0 spiro atoms. The Morgan fingerprint density at radius 1 is 1.00 bits per heavy atom. The highest BCUT2D eigenvalue weighted by Crippen LogP contribution is 2.37. The third kappa shape index (κ3) is 3.64. The molecule has 1 aliphatic rings. The predicted molar refractivity (Wildman–Crippen MR) is 51.3 cm³/mol. The molecule has 0 aromatic heterocycles. The van der Waals surface area contributed by atoms with Gasteiger partial charge in [0.25, 0.3) is 0 Å². The highest BCUT2D eigenvalue weighted by Gasteiger charge is 2.38. The van der Waals surface area contributed by atoms with E-state index in [0.29, 0.717) is 0 Å². The normalized spacial score (nSPS) is 28.1. The minimum Gasteiger partial charge on any atom is -0.166 e. The average molecular weight is 256 g/mol. The van der Waals surface area contributed by atoms with Crippen LogP contribution in [0.4, 0.5) is 26.3 Å². The molecule has 0 bridgehead atoms. The second-order valence-corrected chi connectivity index (χ2v) is 3.70. The van der Waals surface area contributed by atoms with Crippen LogP contribution in [0.2, 0.25) is 0 Å². The van der Waals surface area contributed by atoms with Crippen LogP contribution in [0.15, 0.2) is 34.9 Å². The molecule has 0 aliphatic heterocycles. The van der Waals surface area contributed by atoms with Gasteiger partial charge in [-0.05, 0) is 31.4 Å². The average Bonchev–Trinajstić information content (AvgIpc) is 2.07. The molecule has 17 heavy (non-hydrogen) atoms. The number of allylic oxidation sites excluding steroid dienone is 6. The summed E-state index contributed by atoms with van der Waals surface area (Å²) in [7, 11) is 0. The fraction of sp³-hybridized carbons (Fsp3) is 0.455. The first-order valence-corrected chi connectivity index (χ1v) is 4.85. The van der Waals surface area contributed by atoms with E-state index in [0.717, 1.165) is 6.92 Å². The lowest BCUT2D eigenvalue weighted by Gasteiger charge is -2.17. The molecule has 1 aliphatic carbocycles. The molecule has 0 N–H and O–H groups in total. The first-order chi connectivity index (χ1) is 7.62. The van der Waals surface area contributed by atoms with E-state index >= 15 is 0 Å². The van der Waals surface area contributed by atoms with E-state index in [1.54, 1.807) is 0 Å². The van der Waals surface area contributed by atoms with Crippen LogP contribution in [0.5, 0.6) is 0 Å². The van der Waals surface area contributed by atoms with Gasteiger partial charge in [-0.25, -0.2) is 0 Å². The molecular weight excluding hydrogens is 246 g/mol. The molecule has 0 saturated heterocycles. The van der Waals surface area contributed by atoms with Crippen LogP contribution < -0.4 is 0 Å². The molecule has 0 atom stereocenters. The predicted octanol–water partition coefficient (Wildman–Crippen LogP) is 4.70. The third-order valence-electron chi connectivity index (χ3n) is 2.36. The number of halogens is 6. The first-order valence-electron chi connectivity index (χ1n) is 4.85. The summed E-state index contributed by atoms with van der Waals surface area (Å²) in [5, 5.41) is 0. The lowest BCUT2D eigenvalue weighted by Crippen LogP contribution is -2.17. The Morgan fingerprint density at radius 2 is 1.59 bits per heavy atom. The molecule has 0 saturated carbocycles. The van der Waals surface area contributed by atoms with Gasteiger partial charge in [0, 0.05) is 5.57 Å².